The molecular formula is C24H23BrClN3O3. The normalized spacial score (nSPS) is 10.7. The summed E-state index contributed by atoms with van der Waals surface area (Å²) in [5.41, 5.74) is 5.11. The summed E-state index contributed by atoms with van der Waals surface area (Å²) in [5.74, 6) is 0.918. The Kier molecular flexibility index (Phi) is 8.95. The van der Waals surface area contributed by atoms with Gasteiger partial charge in [-0.1, -0.05) is 41.9 Å². The Hall–Kier alpha value is -3.03. The van der Waals surface area contributed by atoms with E-state index in [0.29, 0.717) is 29.7 Å². The van der Waals surface area contributed by atoms with Crippen molar-refractivity contribution in [3.05, 3.63) is 87.4 Å². The van der Waals surface area contributed by atoms with Crippen molar-refractivity contribution in [2.24, 2.45) is 5.10 Å². The van der Waals surface area contributed by atoms with Crippen LogP contribution in [0.1, 0.15) is 18.1 Å². The highest BCUT2D eigenvalue weighted by Crippen LogP contribution is 2.37. The van der Waals surface area contributed by atoms with E-state index in [-0.39, 0.29) is 12.5 Å². The van der Waals surface area contributed by atoms with Crippen LogP contribution in [0.25, 0.3) is 0 Å². The molecule has 3 rings (SSSR count). The number of anilines is 1. The van der Waals surface area contributed by atoms with Gasteiger partial charge in [0.05, 0.1) is 23.8 Å². The highest BCUT2D eigenvalue weighted by Gasteiger charge is 2.12. The van der Waals surface area contributed by atoms with Gasteiger partial charge in [0.1, 0.15) is 6.61 Å². The molecule has 0 aliphatic rings. The maximum atomic E-state index is 12.0. The van der Waals surface area contributed by atoms with Gasteiger partial charge in [0.15, 0.2) is 11.5 Å². The zero-order valence-corrected chi connectivity index (χ0v) is 19.8. The summed E-state index contributed by atoms with van der Waals surface area (Å²) in [4.78, 5) is 12.0. The molecule has 0 aromatic heterocycles. The van der Waals surface area contributed by atoms with E-state index < -0.39 is 0 Å². The number of carbonyl (C=O) groups is 1. The van der Waals surface area contributed by atoms with Gasteiger partial charge < -0.3 is 14.8 Å². The van der Waals surface area contributed by atoms with E-state index in [1.165, 1.54) is 0 Å². The molecule has 0 heterocycles. The highest BCUT2D eigenvalue weighted by atomic mass is 79.9. The first-order chi connectivity index (χ1) is 15.5. The molecule has 0 saturated heterocycles. The number of nitrogens with zero attached hydrogens (tertiary/aromatic N) is 1. The second-order valence-electron chi connectivity index (χ2n) is 6.69. The fourth-order valence-corrected chi connectivity index (χ4v) is 3.46. The molecule has 3 aromatic carbocycles. The van der Waals surface area contributed by atoms with Crippen LogP contribution in [-0.4, -0.2) is 25.3 Å². The quantitative estimate of drug-likeness (QED) is 0.270. The molecular weight excluding hydrogens is 494 g/mol. The van der Waals surface area contributed by atoms with E-state index >= 15 is 0 Å². The average molecular weight is 517 g/mol. The molecule has 32 heavy (non-hydrogen) atoms. The second kappa shape index (κ2) is 12.1. The van der Waals surface area contributed by atoms with E-state index in [1.54, 1.807) is 6.21 Å². The van der Waals surface area contributed by atoms with Gasteiger partial charge in [-0.05, 0) is 70.4 Å². The minimum Gasteiger partial charge on any atom is -0.490 e. The van der Waals surface area contributed by atoms with E-state index in [9.17, 15) is 4.79 Å². The van der Waals surface area contributed by atoms with Crippen LogP contribution in [0.2, 0.25) is 5.02 Å². The lowest BCUT2D eigenvalue weighted by atomic mass is 10.2. The third-order valence-electron chi connectivity index (χ3n) is 4.26. The molecule has 0 atom stereocenters. The van der Waals surface area contributed by atoms with Gasteiger partial charge in [-0.25, -0.2) is 5.43 Å². The molecule has 0 aliphatic heterocycles. The Balaban J connectivity index is 1.61. The standard InChI is InChI=1S/C24H23BrClN3O3/c1-2-31-22-13-18(14-28-29-23(30)15-27-20-6-4-3-5-7-20)12-21(25)24(22)32-16-17-8-10-19(26)11-9-17/h3-14,27H,2,15-16H2,1H3,(H,29,30)/b28-14-. The van der Waals surface area contributed by atoms with Crippen molar-refractivity contribution < 1.29 is 14.3 Å². The number of para-hydroxylation sites is 1. The predicted octanol–water partition coefficient (Wildman–Crippen LogP) is 5.64. The molecule has 166 valence electrons. The lowest BCUT2D eigenvalue weighted by Crippen LogP contribution is -2.25. The molecule has 2 N–H and O–H groups in total. The topological polar surface area (TPSA) is 72.0 Å². The van der Waals surface area contributed by atoms with Gasteiger partial charge in [0, 0.05) is 10.7 Å². The van der Waals surface area contributed by atoms with Gasteiger partial charge in [-0.3, -0.25) is 4.79 Å². The predicted molar refractivity (Wildman–Crippen MR) is 132 cm³/mol. The molecule has 0 fully saturated rings. The largest absolute Gasteiger partial charge is 0.490 e. The molecule has 8 heteroatoms. The summed E-state index contributed by atoms with van der Waals surface area (Å²) in [6.07, 6.45) is 1.55. The lowest BCUT2D eigenvalue weighted by molar-refractivity contribution is -0.119. The maximum Gasteiger partial charge on any atom is 0.259 e. The van der Waals surface area contributed by atoms with Crippen molar-refractivity contribution in [3.8, 4) is 11.5 Å². The molecule has 0 unspecified atom stereocenters. The minimum atomic E-state index is -0.253. The van der Waals surface area contributed by atoms with Crippen LogP contribution in [-0.2, 0) is 11.4 Å². The molecule has 3 aromatic rings. The van der Waals surface area contributed by atoms with Crippen LogP contribution < -0.4 is 20.2 Å². The summed E-state index contributed by atoms with van der Waals surface area (Å²) < 4.78 is 12.4. The highest BCUT2D eigenvalue weighted by molar-refractivity contribution is 9.10. The van der Waals surface area contributed by atoms with Crippen molar-refractivity contribution in [1.29, 1.82) is 0 Å². The van der Waals surface area contributed by atoms with Gasteiger partial charge >= 0.3 is 0 Å². The van der Waals surface area contributed by atoms with E-state index in [0.717, 1.165) is 21.3 Å². The van der Waals surface area contributed by atoms with Crippen LogP contribution >= 0.6 is 27.5 Å². The number of hydrogen-bond donors (Lipinski definition) is 2. The van der Waals surface area contributed by atoms with Crippen molar-refractivity contribution >= 4 is 45.3 Å². The minimum absolute atomic E-state index is 0.118. The summed E-state index contributed by atoms with van der Waals surface area (Å²) in [6, 6.07) is 20.6. The van der Waals surface area contributed by atoms with Crippen molar-refractivity contribution in [3.63, 3.8) is 0 Å². The van der Waals surface area contributed by atoms with Crippen LogP contribution in [0.3, 0.4) is 0 Å². The van der Waals surface area contributed by atoms with Gasteiger partial charge in [0.2, 0.25) is 0 Å². The molecule has 0 aliphatic carbocycles. The number of benzene rings is 3. The summed E-state index contributed by atoms with van der Waals surface area (Å²) in [5, 5.41) is 7.74. The number of carbonyl (C=O) groups excluding carboxylic acids is 1. The fourth-order valence-electron chi connectivity index (χ4n) is 2.76. The number of hydrogen-bond acceptors (Lipinski definition) is 5. The third-order valence-corrected chi connectivity index (χ3v) is 5.10. The number of hydrazone groups is 1. The van der Waals surface area contributed by atoms with Crippen LogP contribution in [0, 0.1) is 0 Å². The summed E-state index contributed by atoms with van der Waals surface area (Å²) in [7, 11) is 0. The van der Waals surface area contributed by atoms with Gasteiger partial charge in [-0.2, -0.15) is 5.10 Å². The van der Waals surface area contributed by atoms with E-state index in [2.05, 4.69) is 31.8 Å². The Bertz CT molecular complexity index is 1060. The Morgan fingerprint density at radius 3 is 2.56 bits per heavy atom. The lowest BCUT2D eigenvalue weighted by Gasteiger charge is -2.14. The number of halogens is 2. The van der Waals surface area contributed by atoms with Crippen LogP contribution in [0.4, 0.5) is 5.69 Å². The fraction of sp³-hybridized carbons (Fsp3) is 0.167. The maximum absolute atomic E-state index is 12.0. The molecule has 0 radical (unpaired) electrons. The van der Waals surface area contributed by atoms with Crippen LogP contribution in [0.5, 0.6) is 11.5 Å². The Morgan fingerprint density at radius 1 is 1.09 bits per heavy atom. The Labute approximate surface area is 200 Å². The number of ether oxygens (including phenoxy) is 2. The molecule has 0 bridgehead atoms. The van der Waals surface area contributed by atoms with Gasteiger partial charge in [-0.15, -0.1) is 0 Å². The first-order valence-electron chi connectivity index (χ1n) is 9.99. The SMILES string of the molecule is CCOc1cc(/C=N\NC(=O)CNc2ccccc2)cc(Br)c1OCc1ccc(Cl)cc1. The van der Waals surface area contributed by atoms with E-state index in [4.69, 9.17) is 21.1 Å². The first kappa shape index (κ1) is 23.6. The Morgan fingerprint density at radius 2 is 1.84 bits per heavy atom. The second-order valence-corrected chi connectivity index (χ2v) is 7.98. The smallest absolute Gasteiger partial charge is 0.259 e. The molecule has 1 amide bonds. The molecule has 6 nitrogen and oxygen atoms in total. The average Bonchev–Trinajstić information content (AvgIpc) is 2.79. The summed E-state index contributed by atoms with van der Waals surface area (Å²) in [6.45, 7) is 2.87. The van der Waals surface area contributed by atoms with Crippen molar-refractivity contribution in [2.45, 2.75) is 13.5 Å². The third kappa shape index (κ3) is 7.28. The number of amides is 1. The van der Waals surface area contributed by atoms with E-state index in [1.807, 2.05) is 73.7 Å². The van der Waals surface area contributed by atoms with Gasteiger partial charge in [0.25, 0.3) is 5.91 Å². The zero-order chi connectivity index (χ0) is 22.8. The number of rotatable bonds is 10. The monoisotopic (exact) mass is 515 g/mol. The van der Waals surface area contributed by atoms with Crippen LogP contribution in [0.15, 0.2) is 76.3 Å². The first-order valence-corrected chi connectivity index (χ1v) is 11.2. The molecule has 0 saturated carbocycles. The summed E-state index contributed by atoms with van der Waals surface area (Å²) >= 11 is 9.47. The van der Waals surface area contributed by atoms with Crippen molar-refractivity contribution in [2.75, 3.05) is 18.5 Å². The van der Waals surface area contributed by atoms with Crippen molar-refractivity contribution in [1.82, 2.24) is 5.43 Å². The zero-order valence-electron chi connectivity index (χ0n) is 17.5. The number of nitrogens with one attached hydrogen (secondary N) is 2. The molecule has 0 spiro atoms.